The maximum Gasteiger partial charge on any atom is 0.418 e. The highest BCUT2D eigenvalue weighted by Crippen LogP contribution is 2.36. The van der Waals surface area contributed by atoms with Gasteiger partial charge in [0.15, 0.2) is 0 Å². The molecular formula is C24H25F3N4O3S. The molecule has 2 aliphatic heterocycles. The molecule has 7 nitrogen and oxygen atoms in total. The van der Waals surface area contributed by atoms with Crippen LogP contribution in [0.5, 0.6) is 0 Å². The number of anilines is 1. The Hall–Kier alpha value is -3.08. The molecule has 186 valence electrons. The van der Waals surface area contributed by atoms with Crippen molar-refractivity contribution in [2.24, 2.45) is 5.92 Å². The van der Waals surface area contributed by atoms with Gasteiger partial charge in [0.1, 0.15) is 15.4 Å². The number of hydrogen-bond donors (Lipinski definition) is 1. The van der Waals surface area contributed by atoms with Crippen molar-refractivity contribution >= 4 is 32.7 Å². The molecule has 0 bridgehead atoms. The van der Waals surface area contributed by atoms with Crippen LogP contribution >= 0.6 is 0 Å². The number of benzene rings is 2. The number of nitrogens with zero attached hydrogens (tertiary/aromatic N) is 3. The van der Waals surface area contributed by atoms with Crippen LogP contribution < -0.4 is 4.90 Å². The molecule has 1 aromatic heterocycles. The molecule has 0 saturated carbocycles. The standard InChI is InChI=1S/C24H25F3N4O3S/c25-24(26,27)18-7-4-8-19-21(18)29-23(28-19)30-11-12-31(20(15-30)16-5-2-1-3-6-16)22(32)17-9-13-35(33,34)14-10-17/h1-8,17,20H,9-15H2,(H,28,29). The fourth-order valence-corrected chi connectivity index (χ4v) is 6.46. The molecule has 3 aromatic rings. The zero-order valence-corrected chi connectivity index (χ0v) is 19.6. The lowest BCUT2D eigenvalue weighted by atomic mass is 9.96. The Labute approximate surface area is 200 Å². The molecular weight excluding hydrogens is 481 g/mol. The number of piperazine rings is 1. The largest absolute Gasteiger partial charge is 0.418 e. The van der Waals surface area contributed by atoms with Crippen molar-refractivity contribution in [1.29, 1.82) is 0 Å². The minimum absolute atomic E-state index is 0.0138. The van der Waals surface area contributed by atoms with E-state index >= 15 is 0 Å². The lowest BCUT2D eigenvalue weighted by Gasteiger charge is -2.43. The molecule has 1 N–H and O–H groups in total. The number of H-pyrrole nitrogens is 1. The normalized spacial score (nSPS) is 21.4. The lowest BCUT2D eigenvalue weighted by Crippen LogP contribution is -2.53. The SMILES string of the molecule is O=C(C1CCS(=O)(=O)CC1)N1CCN(c2nc3c(C(F)(F)F)cccc3[nH]2)CC1c1ccccc1. The van der Waals surface area contributed by atoms with E-state index in [1.165, 1.54) is 6.07 Å². The van der Waals surface area contributed by atoms with Crippen molar-refractivity contribution in [2.75, 3.05) is 36.0 Å². The quantitative estimate of drug-likeness (QED) is 0.584. The van der Waals surface area contributed by atoms with Crippen molar-refractivity contribution in [3.8, 4) is 0 Å². The maximum absolute atomic E-state index is 13.5. The average Bonchev–Trinajstić information content (AvgIpc) is 3.27. The molecule has 1 atom stereocenters. The number of nitrogens with one attached hydrogen (secondary N) is 1. The maximum atomic E-state index is 13.5. The van der Waals surface area contributed by atoms with E-state index in [2.05, 4.69) is 9.97 Å². The Morgan fingerprint density at radius 3 is 2.40 bits per heavy atom. The summed E-state index contributed by atoms with van der Waals surface area (Å²) in [5.74, 6) is -0.0672. The van der Waals surface area contributed by atoms with E-state index in [0.717, 1.165) is 11.6 Å². The molecule has 1 amide bonds. The van der Waals surface area contributed by atoms with Crippen molar-refractivity contribution in [1.82, 2.24) is 14.9 Å². The fourth-order valence-electron chi connectivity index (χ4n) is 4.97. The van der Waals surface area contributed by atoms with E-state index in [1.807, 2.05) is 35.2 Å². The van der Waals surface area contributed by atoms with E-state index in [0.29, 0.717) is 43.9 Å². The third-order valence-corrected chi connectivity index (χ3v) is 8.57. The highest BCUT2D eigenvalue weighted by atomic mass is 32.2. The summed E-state index contributed by atoms with van der Waals surface area (Å²) in [6, 6.07) is 13.0. The first-order valence-electron chi connectivity index (χ1n) is 11.5. The molecule has 0 spiro atoms. The first-order chi connectivity index (χ1) is 16.6. The van der Waals surface area contributed by atoms with E-state index < -0.39 is 21.6 Å². The number of hydrogen-bond acceptors (Lipinski definition) is 5. The van der Waals surface area contributed by atoms with Crippen LogP contribution in [0.1, 0.15) is 30.0 Å². The van der Waals surface area contributed by atoms with Crippen LogP contribution in [0.2, 0.25) is 0 Å². The third kappa shape index (κ3) is 4.73. The smallest absolute Gasteiger partial charge is 0.338 e. The summed E-state index contributed by atoms with van der Waals surface area (Å²) in [4.78, 5) is 24.4. The van der Waals surface area contributed by atoms with E-state index in [4.69, 9.17) is 0 Å². The summed E-state index contributed by atoms with van der Waals surface area (Å²) in [5.41, 5.74) is 0.278. The second-order valence-electron chi connectivity index (χ2n) is 9.09. The van der Waals surface area contributed by atoms with Gasteiger partial charge in [0.05, 0.1) is 28.6 Å². The number of halogens is 3. The van der Waals surface area contributed by atoms with Crippen LogP contribution in [0.3, 0.4) is 0 Å². The van der Waals surface area contributed by atoms with E-state index in [9.17, 15) is 26.4 Å². The lowest BCUT2D eigenvalue weighted by molar-refractivity contribution is -0.139. The molecule has 3 heterocycles. The molecule has 0 radical (unpaired) electrons. The number of amides is 1. The van der Waals surface area contributed by atoms with Gasteiger partial charge in [0, 0.05) is 25.6 Å². The number of imidazole rings is 1. The molecule has 2 aromatic carbocycles. The second-order valence-corrected chi connectivity index (χ2v) is 11.4. The predicted molar refractivity (Wildman–Crippen MR) is 126 cm³/mol. The number of carbonyl (C=O) groups is 1. The van der Waals surface area contributed by atoms with Crippen LogP contribution in [0.15, 0.2) is 48.5 Å². The van der Waals surface area contributed by atoms with E-state index in [1.54, 1.807) is 11.0 Å². The summed E-state index contributed by atoms with van der Waals surface area (Å²) >= 11 is 0. The molecule has 35 heavy (non-hydrogen) atoms. The minimum Gasteiger partial charge on any atom is -0.338 e. The van der Waals surface area contributed by atoms with Gasteiger partial charge in [-0.2, -0.15) is 13.2 Å². The first-order valence-corrected chi connectivity index (χ1v) is 13.3. The zero-order chi connectivity index (χ0) is 24.8. The van der Waals surface area contributed by atoms with Crippen LogP contribution in [-0.2, 0) is 20.8 Å². The van der Waals surface area contributed by atoms with Gasteiger partial charge < -0.3 is 14.8 Å². The summed E-state index contributed by atoms with van der Waals surface area (Å²) in [6.45, 7) is 1.09. The van der Waals surface area contributed by atoms with Gasteiger partial charge in [-0.1, -0.05) is 36.4 Å². The minimum atomic E-state index is -4.52. The first kappa shape index (κ1) is 23.7. The number of aromatic amines is 1. The predicted octanol–water partition coefficient (Wildman–Crippen LogP) is 3.80. The summed E-state index contributed by atoms with van der Waals surface area (Å²) in [5, 5.41) is 0. The fraction of sp³-hybridized carbons (Fsp3) is 0.417. The molecule has 2 fully saturated rings. The topological polar surface area (TPSA) is 86.4 Å². The van der Waals surface area contributed by atoms with Gasteiger partial charge >= 0.3 is 6.18 Å². The zero-order valence-electron chi connectivity index (χ0n) is 18.8. The summed E-state index contributed by atoms with van der Waals surface area (Å²) < 4.78 is 64.1. The number of para-hydroxylation sites is 1. The van der Waals surface area contributed by atoms with Crippen LogP contribution in [0.25, 0.3) is 11.0 Å². The molecule has 11 heteroatoms. The average molecular weight is 507 g/mol. The van der Waals surface area contributed by atoms with E-state index in [-0.39, 0.29) is 34.9 Å². The van der Waals surface area contributed by atoms with Crippen LogP contribution in [0.4, 0.5) is 19.1 Å². The molecule has 0 aliphatic carbocycles. The van der Waals surface area contributed by atoms with Crippen molar-refractivity contribution in [3.63, 3.8) is 0 Å². The van der Waals surface area contributed by atoms with Crippen molar-refractivity contribution in [3.05, 3.63) is 59.7 Å². The monoisotopic (exact) mass is 506 g/mol. The molecule has 1 unspecified atom stereocenters. The summed E-state index contributed by atoms with van der Waals surface area (Å²) in [6.07, 6.45) is -3.89. The summed E-state index contributed by atoms with van der Waals surface area (Å²) in [7, 11) is -3.09. The number of aromatic nitrogens is 2. The van der Waals surface area contributed by atoms with Gasteiger partial charge in [-0.3, -0.25) is 4.79 Å². The Kier molecular flexibility index (Phi) is 5.98. The number of sulfone groups is 1. The molecule has 2 saturated heterocycles. The molecule has 5 rings (SSSR count). The van der Waals surface area contributed by atoms with Gasteiger partial charge in [-0.25, -0.2) is 13.4 Å². The van der Waals surface area contributed by atoms with Crippen LogP contribution in [-0.4, -0.2) is 60.3 Å². The number of rotatable bonds is 3. The number of fused-ring (bicyclic) bond motifs is 1. The van der Waals surface area contributed by atoms with Gasteiger partial charge in [0.25, 0.3) is 0 Å². The second kappa shape index (κ2) is 8.85. The third-order valence-electron chi connectivity index (χ3n) is 6.86. The number of alkyl halides is 3. The van der Waals surface area contributed by atoms with Gasteiger partial charge in [0.2, 0.25) is 11.9 Å². The Balaban J connectivity index is 1.43. The highest BCUT2D eigenvalue weighted by Gasteiger charge is 2.38. The Morgan fingerprint density at radius 1 is 1.00 bits per heavy atom. The number of carbonyl (C=O) groups excluding carboxylic acids is 1. The Morgan fingerprint density at radius 2 is 1.71 bits per heavy atom. The van der Waals surface area contributed by atoms with Gasteiger partial charge in [-0.05, 0) is 30.5 Å². The Bertz CT molecular complexity index is 1330. The van der Waals surface area contributed by atoms with Gasteiger partial charge in [-0.15, -0.1) is 0 Å². The van der Waals surface area contributed by atoms with Crippen molar-refractivity contribution in [2.45, 2.75) is 25.1 Å². The van der Waals surface area contributed by atoms with Crippen LogP contribution in [0, 0.1) is 5.92 Å². The van der Waals surface area contributed by atoms with Crippen molar-refractivity contribution < 1.29 is 26.4 Å². The molecule has 2 aliphatic rings. The highest BCUT2D eigenvalue weighted by molar-refractivity contribution is 7.91.